The number of benzene rings is 1. The molecule has 4 heteroatoms. The van der Waals surface area contributed by atoms with Crippen LogP contribution in [0.5, 0.6) is 0 Å². The van der Waals surface area contributed by atoms with E-state index in [2.05, 4.69) is 18.5 Å². The monoisotopic (exact) mass is 261 g/mol. The molecule has 1 aromatic rings. The number of nitrogens with one attached hydrogen (secondary N) is 1. The van der Waals surface area contributed by atoms with Gasteiger partial charge in [0, 0.05) is 22.4 Å². The van der Waals surface area contributed by atoms with Crippen LogP contribution in [0.25, 0.3) is 0 Å². The molecular formula is C12H17ClFNS. The molecule has 16 heavy (non-hydrogen) atoms. The fourth-order valence-corrected chi connectivity index (χ4v) is 1.92. The molecule has 0 heterocycles. The molecule has 0 aliphatic rings. The minimum atomic E-state index is -0.238. The van der Waals surface area contributed by atoms with Crippen molar-refractivity contribution in [3.8, 4) is 0 Å². The van der Waals surface area contributed by atoms with Crippen LogP contribution in [0.15, 0.2) is 18.2 Å². The highest BCUT2D eigenvalue weighted by Gasteiger charge is 2.06. The molecule has 90 valence electrons. The van der Waals surface area contributed by atoms with Crippen molar-refractivity contribution >= 4 is 23.4 Å². The van der Waals surface area contributed by atoms with Crippen molar-refractivity contribution in [2.75, 3.05) is 12.8 Å². The second-order valence-electron chi connectivity index (χ2n) is 3.71. The quantitative estimate of drug-likeness (QED) is 0.784. The molecule has 0 aromatic heterocycles. The number of halogens is 2. The lowest BCUT2D eigenvalue weighted by Crippen LogP contribution is -2.18. The van der Waals surface area contributed by atoms with Gasteiger partial charge < -0.3 is 5.32 Å². The summed E-state index contributed by atoms with van der Waals surface area (Å²) in [6.07, 6.45) is 3.17. The zero-order valence-electron chi connectivity index (χ0n) is 9.59. The second-order valence-corrected chi connectivity index (χ2v) is 5.40. The van der Waals surface area contributed by atoms with E-state index in [4.69, 9.17) is 11.6 Å². The highest BCUT2D eigenvalue weighted by Crippen LogP contribution is 2.18. The Bertz CT molecular complexity index is 313. The fourth-order valence-electron chi connectivity index (χ4n) is 1.34. The molecule has 0 radical (unpaired) electrons. The van der Waals surface area contributed by atoms with E-state index in [9.17, 15) is 4.39 Å². The molecule has 1 aromatic carbocycles. The third-order valence-corrected chi connectivity index (χ3v) is 3.89. The maximum atomic E-state index is 13.4. The highest BCUT2D eigenvalue weighted by molar-refractivity contribution is 7.99. The van der Waals surface area contributed by atoms with Gasteiger partial charge in [0.2, 0.25) is 0 Å². The largest absolute Gasteiger partial charge is 0.312 e. The van der Waals surface area contributed by atoms with Crippen LogP contribution in [0, 0.1) is 5.82 Å². The van der Waals surface area contributed by atoms with Gasteiger partial charge in [-0.05, 0) is 31.4 Å². The molecule has 0 saturated heterocycles. The molecular weight excluding hydrogens is 245 g/mol. The number of hydrogen-bond donors (Lipinski definition) is 1. The summed E-state index contributed by atoms with van der Waals surface area (Å²) in [5.74, 6) is -0.238. The van der Waals surface area contributed by atoms with Crippen molar-refractivity contribution in [2.24, 2.45) is 0 Å². The van der Waals surface area contributed by atoms with E-state index in [-0.39, 0.29) is 5.82 Å². The van der Waals surface area contributed by atoms with Crippen molar-refractivity contribution in [2.45, 2.75) is 25.1 Å². The van der Waals surface area contributed by atoms with Crippen LogP contribution in [0.2, 0.25) is 5.02 Å². The summed E-state index contributed by atoms with van der Waals surface area (Å²) in [7, 11) is 0. The minimum absolute atomic E-state index is 0.238. The van der Waals surface area contributed by atoms with Gasteiger partial charge in [0.05, 0.1) is 0 Å². The molecule has 0 saturated carbocycles. The Balaban J connectivity index is 2.37. The van der Waals surface area contributed by atoms with Crippen LogP contribution < -0.4 is 5.32 Å². The molecule has 0 amide bonds. The molecule has 1 N–H and O–H groups in total. The van der Waals surface area contributed by atoms with E-state index in [0.717, 1.165) is 13.0 Å². The number of rotatable bonds is 6. The number of hydrogen-bond acceptors (Lipinski definition) is 2. The van der Waals surface area contributed by atoms with Crippen LogP contribution in [0.4, 0.5) is 4.39 Å². The summed E-state index contributed by atoms with van der Waals surface area (Å²) >= 11 is 7.75. The SMILES string of the molecule is CSC(C)CCNCc1c(F)cccc1Cl. The molecule has 1 atom stereocenters. The van der Waals surface area contributed by atoms with E-state index in [1.807, 2.05) is 11.8 Å². The summed E-state index contributed by atoms with van der Waals surface area (Å²) in [4.78, 5) is 0. The Kier molecular flexibility index (Phi) is 6.17. The first-order valence-corrected chi connectivity index (χ1v) is 6.98. The predicted molar refractivity (Wildman–Crippen MR) is 70.7 cm³/mol. The molecule has 1 rings (SSSR count). The van der Waals surface area contributed by atoms with Crippen molar-refractivity contribution < 1.29 is 4.39 Å². The minimum Gasteiger partial charge on any atom is -0.312 e. The molecule has 1 nitrogen and oxygen atoms in total. The van der Waals surface area contributed by atoms with Crippen molar-refractivity contribution in [1.29, 1.82) is 0 Å². The number of thioether (sulfide) groups is 1. The van der Waals surface area contributed by atoms with Crippen LogP contribution >= 0.6 is 23.4 Å². The zero-order valence-corrected chi connectivity index (χ0v) is 11.2. The first-order chi connectivity index (χ1) is 7.65. The predicted octanol–water partition coefficient (Wildman–Crippen LogP) is 3.71. The van der Waals surface area contributed by atoms with Crippen LogP contribution in [-0.4, -0.2) is 18.1 Å². The Labute approximate surface area is 106 Å². The van der Waals surface area contributed by atoms with Gasteiger partial charge in [-0.2, -0.15) is 11.8 Å². The maximum Gasteiger partial charge on any atom is 0.129 e. The van der Waals surface area contributed by atoms with Gasteiger partial charge >= 0.3 is 0 Å². The maximum absolute atomic E-state index is 13.4. The zero-order chi connectivity index (χ0) is 12.0. The first-order valence-electron chi connectivity index (χ1n) is 5.31. The van der Waals surface area contributed by atoms with Gasteiger partial charge in [0.25, 0.3) is 0 Å². The van der Waals surface area contributed by atoms with Gasteiger partial charge in [-0.25, -0.2) is 4.39 Å². The van der Waals surface area contributed by atoms with E-state index in [1.54, 1.807) is 12.1 Å². The standard InChI is InChI=1S/C12H17ClFNS/c1-9(16-2)6-7-15-8-10-11(13)4-3-5-12(10)14/h3-5,9,15H,6-8H2,1-2H3. The van der Waals surface area contributed by atoms with Crippen molar-refractivity contribution in [3.05, 3.63) is 34.6 Å². The normalized spacial score (nSPS) is 12.8. The van der Waals surface area contributed by atoms with Crippen LogP contribution in [0.1, 0.15) is 18.9 Å². The Morgan fingerprint density at radius 3 is 2.88 bits per heavy atom. The third kappa shape index (κ3) is 4.32. The topological polar surface area (TPSA) is 12.0 Å². The summed E-state index contributed by atoms with van der Waals surface area (Å²) in [5.41, 5.74) is 0.556. The Morgan fingerprint density at radius 2 is 2.25 bits per heavy atom. The average molecular weight is 262 g/mol. The van der Waals surface area contributed by atoms with Gasteiger partial charge in [-0.15, -0.1) is 0 Å². The average Bonchev–Trinajstić information content (AvgIpc) is 2.27. The van der Waals surface area contributed by atoms with Crippen LogP contribution in [0.3, 0.4) is 0 Å². The van der Waals surface area contributed by atoms with E-state index >= 15 is 0 Å². The van der Waals surface area contributed by atoms with Gasteiger partial charge in [-0.1, -0.05) is 24.6 Å². The van der Waals surface area contributed by atoms with E-state index < -0.39 is 0 Å². The molecule has 0 fully saturated rings. The Hall–Kier alpha value is -0.250. The third-order valence-electron chi connectivity index (χ3n) is 2.49. The molecule has 0 aliphatic heterocycles. The second kappa shape index (κ2) is 7.15. The fraction of sp³-hybridized carbons (Fsp3) is 0.500. The van der Waals surface area contributed by atoms with E-state index in [0.29, 0.717) is 22.4 Å². The van der Waals surface area contributed by atoms with Gasteiger partial charge in [0.1, 0.15) is 5.82 Å². The lowest BCUT2D eigenvalue weighted by molar-refractivity contribution is 0.582. The van der Waals surface area contributed by atoms with E-state index in [1.165, 1.54) is 6.07 Å². The smallest absolute Gasteiger partial charge is 0.129 e. The van der Waals surface area contributed by atoms with Gasteiger partial charge in [-0.3, -0.25) is 0 Å². The summed E-state index contributed by atoms with van der Waals surface area (Å²) in [6, 6.07) is 4.77. The first kappa shape index (κ1) is 13.8. The van der Waals surface area contributed by atoms with Crippen molar-refractivity contribution in [3.63, 3.8) is 0 Å². The molecule has 1 unspecified atom stereocenters. The van der Waals surface area contributed by atoms with Crippen LogP contribution in [-0.2, 0) is 6.54 Å². The molecule has 0 bridgehead atoms. The lowest BCUT2D eigenvalue weighted by atomic mass is 10.2. The van der Waals surface area contributed by atoms with Crippen molar-refractivity contribution in [1.82, 2.24) is 5.32 Å². The highest BCUT2D eigenvalue weighted by atomic mass is 35.5. The lowest BCUT2D eigenvalue weighted by Gasteiger charge is -2.10. The summed E-state index contributed by atoms with van der Waals surface area (Å²) in [5, 5.41) is 4.33. The summed E-state index contributed by atoms with van der Waals surface area (Å²) in [6.45, 7) is 3.56. The summed E-state index contributed by atoms with van der Waals surface area (Å²) < 4.78 is 13.4. The Morgan fingerprint density at radius 1 is 1.50 bits per heavy atom. The van der Waals surface area contributed by atoms with Gasteiger partial charge in [0.15, 0.2) is 0 Å². The molecule has 0 spiro atoms. The molecule has 0 aliphatic carbocycles.